The lowest BCUT2D eigenvalue weighted by molar-refractivity contribution is 0.102. The molecule has 1 aromatic heterocycles. The number of hydrogen-bond donors (Lipinski definition) is 0. The maximum absolute atomic E-state index is 12.5. The number of ketones is 1. The predicted octanol–water partition coefficient (Wildman–Crippen LogP) is 4.99. The normalized spacial score (nSPS) is 10.8. The first-order valence-electron chi connectivity index (χ1n) is 8.70. The lowest BCUT2D eigenvalue weighted by Crippen LogP contribution is -2.05. The Morgan fingerprint density at radius 2 is 1.78 bits per heavy atom. The molecule has 27 heavy (non-hydrogen) atoms. The minimum Gasteiger partial charge on any atom is -0.494 e. The summed E-state index contributed by atoms with van der Waals surface area (Å²) in [5.41, 5.74) is 1.60. The van der Waals surface area contributed by atoms with Crippen LogP contribution in [0.5, 0.6) is 5.75 Å². The Morgan fingerprint density at radius 3 is 2.41 bits per heavy atom. The molecular weight excluding hydrogens is 382 g/mol. The molecule has 140 valence electrons. The minimum atomic E-state index is 0.0433. The molecule has 3 rings (SSSR count). The number of nitrogens with zero attached hydrogens (tertiary/aromatic N) is 3. The second-order valence-electron chi connectivity index (χ2n) is 5.73. The Bertz CT molecular complexity index is 908. The number of ether oxygens (including phenoxy) is 1. The van der Waals surface area contributed by atoms with Crippen LogP contribution in [0.2, 0.25) is 5.02 Å². The first-order valence-corrected chi connectivity index (χ1v) is 10.1. The highest BCUT2D eigenvalue weighted by Gasteiger charge is 2.15. The highest BCUT2D eigenvalue weighted by atomic mass is 35.5. The third kappa shape index (κ3) is 4.70. The largest absolute Gasteiger partial charge is 0.494 e. The first kappa shape index (κ1) is 19.5. The standard InChI is InChI=1S/C20H20ClN3O2S/c1-3-24-19(15-5-9-16(21)10-6-15)22-23-20(24)27-13-18(25)14-7-11-17(12-8-14)26-4-2/h5-12H,3-4,13H2,1-2H3. The van der Waals surface area contributed by atoms with E-state index < -0.39 is 0 Å². The third-order valence-electron chi connectivity index (χ3n) is 3.96. The van der Waals surface area contributed by atoms with Gasteiger partial charge in [0.25, 0.3) is 0 Å². The molecule has 0 fully saturated rings. The van der Waals surface area contributed by atoms with Crippen molar-refractivity contribution in [1.82, 2.24) is 14.8 Å². The lowest BCUT2D eigenvalue weighted by Gasteiger charge is -2.07. The van der Waals surface area contributed by atoms with Crippen molar-refractivity contribution < 1.29 is 9.53 Å². The fourth-order valence-corrected chi connectivity index (χ4v) is 3.63. The van der Waals surface area contributed by atoms with Gasteiger partial charge in [0.05, 0.1) is 12.4 Å². The zero-order valence-electron chi connectivity index (χ0n) is 15.2. The highest BCUT2D eigenvalue weighted by molar-refractivity contribution is 7.99. The molecule has 0 N–H and O–H groups in total. The van der Waals surface area contributed by atoms with Crippen LogP contribution < -0.4 is 4.74 Å². The summed E-state index contributed by atoms with van der Waals surface area (Å²) in [6, 6.07) is 14.7. The van der Waals surface area contributed by atoms with Crippen LogP contribution in [0.4, 0.5) is 0 Å². The van der Waals surface area contributed by atoms with Gasteiger partial charge in [-0.1, -0.05) is 23.4 Å². The molecule has 7 heteroatoms. The number of carbonyl (C=O) groups excluding carboxylic acids is 1. The summed E-state index contributed by atoms with van der Waals surface area (Å²) < 4.78 is 7.41. The Hall–Kier alpha value is -2.31. The van der Waals surface area contributed by atoms with Crippen LogP contribution in [0.3, 0.4) is 0 Å². The second kappa shape index (κ2) is 9.06. The number of hydrogen-bond acceptors (Lipinski definition) is 5. The molecule has 0 unspecified atom stereocenters. The van der Waals surface area contributed by atoms with Gasteiger partial charge in [-0.3, -0.25) is 4.79 Å². The van der Waals surface area contributed by atoms with Crippen LogP contribution >= 0.6 is 23.4 Å². The maximum atomic E-state index is 12.5. The van der Waals surface area contributed by atoms with Gasteiger partial charge in [-0.15, -0.1) is 10.2 Å². The molecule has 0 saturated heterocycles. The molecule has 0 atom stereocenters. The topological polar surface area (TPSA) is 57.0 Å². The molecule has 0 aliphatic heterocycles. The maximum Gasteiger partial charge on any atom is 0.191 e. The van der Waals surface area contributed by atoms with Gasteiger partial charge in [0.2, 0.25) is 0 Å². The van der Waals surface area contributed by atoms with Gasteiger partial charge in [-0.25, -0.2) is 0 Å². The van der Waals surface area contributed by atoms with Gasteiger partial charge in [-0.05, 0) is 62.4 Å². The fourth-order valence-electron chi connectivity index (χ4n) is 2.61. The van der Waals surface area contributed by atoms with Crippen molar-refractivity contribution in [3.8, 4) is 17.1 Å². The van der Waals surface area contributed by atoms with Crippen molar-refractivity contribution in [2.45, 2.75) is 25.5 Å². The zero-order valence-corrected chi connectivity index (χ0v) is 16.8. The predicted molar refractivity (Wildman–Crippen MR) is 109 cm³/mol. The summed E-state index contributed by atoms with van der Waals surface area (Å²) in [4.78, 5) is 12.5. The Morgan fingerprint density at radius 1 is 1.07 bits per heavy atom. The lowest BCUT2D eigenvalue weighted by atomic mass is 10.1. The molecule has 5 nitrogen and oxygen atoms in total. The van der Waals surface area contributed by atoms with E-state index in [1.54, 1.807) is 12.1 Å². The van der Waals surface area contributed by atoms with Gasteiger partial charge in [-0.2, -0.15) is 0 Å². The SMILES string of the molecule is CCOc1ccc(C(=O)CSc2nnc(-c3ccc(Cl)cc3)n2CC)cc1. The molecule has 0 aliphatic rings. The van der Waals surface area contributed by atoms with E-state index in [0.717, 1.165) is 22.3 Å². The molecule has 0 aliphatic carbocycles. The summed E-state index contributed by atoms with van der Waals surface area (Å²) in [6.45, 7) is 5.27. The number of aromatic nitrogens is 3. The molecule has 0 spiro atoms. The highest BCUT2D eigenvalue weighted by Crippen LogP contribution is 2.25. The molecule has 3 aromatic rings. The number of Topliss-reactive ketones (excluding diaryl/α,β-unsaturated/α-hetero) is 1. The van der Waals surface area contributed by atoms with Crippen molar-refractivity contribution in [1.29, 1.82) is 0 Å². The second-order valence-corrected chi connectivity index (χ2v) is 7.11. The first-order chi connectivity index (χ1) is 13.1. The quantitative estimate of drug-likeness (QED) is 0.393. The molecule has 0 bridgehead atoms. The van der Waals surface area contributed by atoms with Crippen LogP contribution in [0.15, 0.2) is 53.7 Å². The Kier molecular flexibility index (Phi) is 6.53. The van der Waals surface area contributed by atoms with E-state index in [-0.39, 0.29) is 5.78 Å². The summed E-state index contributed by atoms with van der Waals surface area (Å²) in [5.74, 6) is 1.87. The number of benzene rings is 2. The summed E-state index contributed by atoms with van der Waals surface area (Å²) in [6.07, 6.45) is 0. The molecule has 1 heterocycles. The van der Waals surface area contributed by atoms with E-state index in [1.165, 1.54) is 11.8 Å². The average molecular weight is 402 g/mol. The Balaban J connectivity index is 1.70. The summed E-state index contributed by atoms with van der Waals surface area (Å²) in [5, 5.41) is 9.95. The number of thioether (sulfide) groups is 1. The Labute approximate surface area is 167 Å². The number of halogens is 1. The monoisotopic (exact) mass is 401 g/mol. The van der Waals surface area contributed by atoms with Crippen LogP contribution in [0, 0.1) is 0 Å². The van der Waals surface area contributed by atoms with Crippen LogP contribution in [-0.2, 0) is 6.54 Å². The molecular formula is C20H20ClN3O2S. The van der Waals surface area contributed by atoms with Crippen molar-refractivity contribution in [2.24, 2.45) is 0 Å². The smallest absolute Gasteiger partial charge is 0.191 e. The molecule has 0 amide bonds. The van der Waals surface area contributed by atoms with Gasteiger partial charge in [0.1, 0.15) is 5.75 Å². The summed E-state index contributed by atoms with van der Waals surface area (Å²) >= 11 is 7.35. The van der Waals surface area contributed by atoms with Crippen LogP contribution in [-0.4, -0.2) is 32.9 Å². The van der Waals surface area contributed by atoms with Gasteiger partial charge >= 0.3 is 0 Å². The molecule has 2 aromatic carbocycles. The number of rotatable bonds is 8. The number of carbonyl (C=O) groups is 1. The molecule has 0 saturated carbocycles. The fraction of sp³-hybridized carbons (Fsp3) is 0.250. The van der Waals surface area contributed by atoms with Crippen molar-refractivity contribution >= 4 is 29.1 Å². The third-order valence-corrected chi connectivity index (χ3v) is 5.17. The van der Waals surface area contributed by atoms with E-state index in [9.17, 15) is 4.79 Å². The van der Waals surface area contributed by atoms with Crippen molar-refractivity contribution in [3.05, 3.63) is 59.1 Å². The summed E-state index contributed by atoms with van der Waals surface area (Å²) in [7, 11) is 0. The zero-order chi connectivity index (χ0) is 19.2. The van der Waals surface area contributed by atoms with Gasteiger partial charge in [0, 0.05) is 22.7 Å². The van der Waals surface area contributed by atoms with Crippen LogP contribution in [0.25, 0.3) is 11.4 Å². The molecule has 0 radical (unpaired) electrons. The van der Waals surface area contributed by atoms with Crippen molar-refractivity contribution in [3.63, 3.8) is 0 Å². The average Bonchev–Trinajstić information content (AvgIpc) is 3.10. The van der Waals surface area contributed by atoms with E-state index in [0.29, 0.717) is 29.5 Å². The van der Waals surface area contributed by atoms with Gasteiger partial charge < -0.3 is 9.30 Å². The van der Waals surface area contributed by atoms with Crippen molar-refractivity contribution in [2.75, 3.05) is 12.4 Å². The van der Waals surface area contributed by atoms with E-state index in [2.05, 4.69) is 10.2 Å². The van der Waals surface area contributed by atoms with Crippen LogP contribution in [0.1, 0.15) is 24.2 Å². The van der Waals surface area contributed by atoms with Gasteiger partial charge in [0.15, 0.2) is 16.8 Å². The van der Waals surface area contributed by atoms with E-state index >= 15 is 0 Å². The van der Waals surface area contributed by atoms with E-state index in [1.807, 2.05) is 54.8 Å². The minimum absolute atomic E-state index is 0.0433. The van der Waals surface area contributed by atoms with E-state index in [4.69, 9.17) is 16.3 Å².